The van der Waals surface area contributed by atoms with Gasteiger partial charge < -0.3 is 19.2 Å². The molecule has 0 radical (unpaired) electrons. The summed E-state index contributed by atoms with van der Waals surface area (Å²) in [4.78, 5) is 24.9. The molecule has 4 rings (SSSR count). The standard InChI is InChI=1S/C22H20ClNO5/c1-3-27-19-7-13-6-12(2)28-20(13)8-14(19)11-24-22(26)21-10-17(25)16-9-15(23)4-5-18(16)29-21/h4-5,7-10,12H,3,6,11H2,1-2H3,(H,24,26)/t12-/m1/s1. The number of rotatable bonds is 5. The lowest BCUT2D eigenvalue weighted by molar-refractivity contribution is 0.0923. The van der Waals surface area contributed by atoms with Crippen LogP contribution in [0.1, 0.15) is 35.5 Å². The van der Waals surface area contributed by atoms with E-state index in [9.17, 15) is 9.59 Å². The largest absolute Gasteiger partial charge is 0.494 e. The lowest BCUT2D eigenvalue weighted by Crippen LogP contribution is -2.24. The van der Waals surface area contributed by atoms with Crippen molar-refractivity contribution in [3.05, 3.63) is 68.5 Å². The molecular formula is C22H20ClNO5. The third kappa shape index (κ3) is 3.93. The number of carbonyl (C=O) groups is 1. The summed E-state index contributed by atoms with van der Waals surface area (Å²) in [5.41, 5.74) is 1.87. The lowest BCUT2D eigenvalue weighted by Gasteiger charge is -2.13. The fraction of sp³-hybridized carbons (Fsp3) is 0.273. The second-order valence-corrected chi connectivity index (χ2v) is 7.37. The molecule has 0 bridgehead atoms. The number of fused-ring (bicyclic) bond motifs is 2. The number of benzene rings is 2. The molecule has 1 N–H and O–H groups in total. The van der Waals surface area contributed by atoms with Crippen molar-refractivity contribution < 1.29 is 18.7 Å². The predicted molar refractivity (Wildman–Crippen MR) is 110 cm³/mol. The van der Waals surface area contributed by atoms with Gasteiger partial charge in [-0.3, -0.25) is 9.59 Å². The second-order valence-electron chi connectivity index (χ2n) is 6.93. The monoisotopic (exact) mass is 413 g/mol. The number of nitrogens with one attached hydrogen (secondary N) is 1. The Hall–Kier alpha value is -2.99. The molecule has 1 amide bonds. The topological polar surface area (TPSA) is 77.8 Å². The van der Waals surface area contributed by atoms with E-state index in [-0.39, 0.29) is 23.8 Å². The summed E-state index contributed by atoms with van der Waals surface area (Å²) in [6.07, 6.45) is 0.943. The average Bonchev–Trinajstić information content (AvgIpc) is 3.05. The van der Waals surface area contributed by atoms with Crippen LogP contribution in [0.25, 0.3) is 11.0 Å². The number of ether oxygens (including phenoxy) is 2. The Morgan fingerprint density at radius 3 is 2.90 bits per heavy atom. The maximum Gasteiger partial charge on any atom is 0.287 e. The first-order valence-corrected chi connectivity index (χ1v) is 9.79. The minimum absolute atomic E-state index is 0.0613. The first kappa shape index (κ1) is 19.3. The van der Waals surface area contributed by atoms with E-state index in [4.69, 9.17) is 25.5 Å². The zero-order valence-electron chi connectivity index (χ0n) is 16.1. The minimum atomic E-state index is -0.490. The van der Waals surface area contributed by atoms with Crippen molar-refractivity contribution in [3.8, 4) is 11.5 Å². The van der Waals surface area contributed by atoms with Gasteiger partial charge in [-0.05, 0) is 44.2 Å². The van der Waals surface area contributed by atoms with Crippen molar-refractivity contribution in [2.24, 2.45) is 0 Å². The molecule has 0 unspecified atom stereocenters. The number of carbonyl (C=O) groups excluding carboxylic acids is 1. The van der Waals surface area contributed by atoms with Gasteiger partial charge in [0.2, 0.25) is 0 Å². The quantitative estimate of drug-likeness (QED) is 0.681. The van der Waals surface area contributed by atoms with Crippen LogP contribution in [0, 0.1) is 0 Å². The van der Waals surface area contributed by atoms with Gasteiger partial charge in [0.05, 0.1) is 12.0 Å². The van der Waals surface area contributed by atoms with E-state index in [1.807, 2.05) is 26.0 Å². The van der Waals surface area contributed by atoms with Crippen molar-refractivity contribution in [2.75, 3.05) is 6.61 Å². The van der Waals surface area contributed by atoms with Crippen LogP contribution in [0.2, 0.25) is 5.02 Å². The molecule has 2 heterocycles. The Balaban J connectivity index is 1.57. The summed E-state index contributed by atoms with van der Waals surface area (Å²) in [7, 11) is 0. The number of hydrogen-bond acceptors (Lipinski definition) is 5. The highest BCUT2D eigenvalue weighted by Gasteiger charge is 2.22. The van der Waals surface area contributed by atoms with Gasteiger partial charge in [-0.1, -0.05) is 11.6 Å². The molecule has 0 aliphatic carbocycles. The summed E-state index contributed by atoms with van der Waals surface area (Å²) in [5, 5.41) is 3.55. The number of amides is 1. The molecule has 6 nitrogen and oxygen atoms in total. The average molecular weight is 414 g/mol. The van der Waals surface area contributed by atoms with Gasteiger partial charge in [0, 0.05) is 35.2 Å². The molecular weight excluding hydrogens is 394 g/mol. The van der Waals surface area contributed by atoms with Gasteiger partial charge in [-0.2, -0.15) is 0 Å². The third-order valence-corrected chi connectivity index (χ3v) is 4.97. The maximum atomic E-state index is 12.6. The van der Waals surface area contributed by atoms with E-state index >= 15 is 0 Å². The molecule has 1 aromatic heterocycles. The molecule has 29 heavy (non-hydrogen) atoms. The molecule has 1 aliphatic rings. The predicted octanol–water partition coefficient (Wildman–Crippen LogP) is 4.10. The summed E-state index contributed by atoms with van der Waals surface area (Å²) in [5.74, 6) is 0.961. The molecule has 1 atom stereocenters. The molecule has 3 aromatic rings. The zero-order chi connectivity index (χ0) is 20.5. The number of hydrogen-bond donors (Lipinski definition) is 1. The molecule has 0 spiro atoms. The van der Waals surface area contributed by atoms with Crippen LogP contribution in [0.3, 0.4) is 0 Å². The van der Waals surface area contributed by atoms with E-state index in [1.165, 1.54) is 12.1 Å². The summed E-state index contributed by atoms with van der Waals surface area (Å²) < 4.78 is 17.1. The molecule has 1 aliphatic heterocycles. The number of halogens is 1. The van der Waals surface area contributed by atoms with Crippen molar-refractivity contribution in [1.29, 1.82) is 0 Å². The van der Waals surface area contributed by atoms with E-state index < -0.39 is 5.91 Å². The van der Waals surface area contributed by atoms with Crippen LogP contribution in [0.5, 0.6) is 11.5 Å². The Labute approximate surface area is 172 Å². The van der Waals surface area contributed by atoms with Crippen LogP contribution in [0.15, 0.2) is 45.6 Å². The summed E-state index contributed by atoms with van der Waals surface area (Å²) in [6.45, 7) is 4.64. The van der Waals surface area contributed by atoms with Crippen molar-refractivity contribution in [1.82, 2.24) is 5.32 Å². The van der Waals surface area contributed by atoms with Crippen molar-refractivity contribution >= 4 is 28.5 Å². The highest BCUT2D eigenvalue weighted by Crippen LogP contribution is 2.35. The smallest absolute Gasteiger partial charge is 0.287 e. The maximum absolute atomic E-state index is 12.6. The van der Waals surface area contributed by atoms with E-state index in [2.05, 4.69) is 5.32 Å². The SMILES string of the molecule is CCOc1cc2c(cc1CNC(=O)c1cc(=O)c3cc(Cl)ccc3o1)O[C@H](C)C2. The first-order chi connectivity index (χ1) is 13.9. The molecule has 0 saturated carbocycles. The van der Waals surface area contributed by atoms with E-state index in [0.717, 1.165) is 23.3 Å². The summed E-state index contributed by atoms with van der Waals surface area (Å²) in [6, 6.07) is 9.72. The highest BCUT2D eigenvalue weighted by molar-refractivity contribution is 6.31. The first-order valence-electron chi connectivity index (χ1n) is 9.41. The van der Waals surface area contributed by atoms with Gasteiger partial charge in [0.15, 0.2) is 11.2 Å². The van der Waals surface area contributed by atoms with E-state index in [1.54, 1.807) is 12.1 Å². The lowest BCUT2D eigenvalue weighted by atomic mass is 10.1. The Morgan fingerprint density at radius 2 is 2.10 bits per heavy atom. The molecule has 150 valence electrons. The minimum Gasteiger partial charge on any atom is -0.494 e. The van der Waals surface area contributed by atoms with Gasteiger partial charge in [-0.25, -0.2) is 0 Å². The zero-order valence-corrected chi connectivity index (χ0v) is 16.8. The van der Waals surface area contributed by atoms with E-state index in [0.29, 0.717) is 28.3 Å². The van der Waals surface area contributed by atoms with Crippen LogP contribution in [0.4, 0.5) is 0 Å². The Morgan fingerprint density at radius 1 is 1.28 bits per heavy atom. The normalized spacial score (nSPS) is 15.1. The van der Waals surface area contributed by atoms with Crippen LogP contribution < -0.4 is 20.2 Å². The fourth-order valence-corrected chi connectivity index (χ4v) is 3.58. The molecule has 2 aromatic carbocycles. The fourth-order valence-electron chi connectivity index (χ4n) is 3.41. The van der Waals surface area contributed by atoms with Crippen LogP contribution in [-0.4, -0.2) is 18.6 Å². The Bertz CT molecular complexity index is 1150. The third-order valence-electron chi connectivity index (χ3n) is 4.73. The highest BCUT2D eigenvalue weighted by atomic mass is 35.5. The van der Waals surface area contributed by atoms with Crippen molar-refractivity contribution in [2.45, 2.75) is 32.9 Å². The second kappa shape index (κ2) is 7.79. The van der Waals surface area contributed by atoms with Gasteiger partial charge in [-0.15, -0.1) is 0 Å². The van der Waals surface area contributed by atoms with Gasteiger partial charge in [0.25, 0.3) is 5.91 Å². The van der Waals surface area contributed by atoms with Crippen molar-refractivity contribution in [3.63, 3.8) is 0 Å². The van der Waals surface area contributed by atoms with Crippen LogP contribution >= 0.6 is 11.6 Å². The van der Waals surface area contributed by atoms with Gasteiger partial charge >= 0.3 is 0 Å². The molecule has 7 heteroatoms. The van der Waals surface area contributed by atoms with Crippen LogP contribution in [-0.2, 0) is 13.0 Å². The van der Waals surface area contributed by atoms with Gasteiger partial charge in [0.1, 0.15) is 23.2 Å². The summed E-state index contributed by atoms with van der Waals surface area (Å²) >= 11 is 5.92. The Kier molecular flexibility index (Phi) is 5.20. The molecule has 0 fully saturated rings. The molecule has 0 saturated heterocycles.